The van der Waals surface area contributed by atoms with Crippen molar-refractivity contribution in [1.82, 2.24) is 4.90 Å². The van der Waals surface area contributed by atoms with Gasteiger partial charge in [0, 0.05) is 19.2 Å². The smallest absolute Gasteiger partial charge is 0.292 e. The van der Waals surface area contributed by atoms with Crippen LogP contribution in [0.15, 0.2) is 12.7 Å². The van der Waals surface area contributed by atoms with Crippen molar-refractivity contribution in [3.8, 4) is 0 Å². The molecule has 0 unspecified atom stereocenters. The third kappa shape index (κ3) is 4.68. The number of carbonyl (C=O) groups is 1. The van der Waals surface area contributed by atoms with Crippen LogP contribution in [0.2, 0.25) is 0 Å². The molecular weight excluding hydrogens is 268 g/mol. The highest BCUT2D eigenvalue weighted by Crippen LogP contribution is 2.14. The summed E-state index contributed by atoms with van der Waals surface area (Å²) in [6.07, 6.45) is 1.80. The maximum atomic E-state index is 11.9. The van der Waals surface area contributed by atoms with E-state index in [2.05, 4.69) is 11.5 Å². The summed E-state index contributed by atoms with van der Waals surface area (Å²) in [5, 5.41) is 0. The first-order valence-electron chi connectivity index (χ1n) is 6.53. The zero-order valence-electron chi connectivity index (χ0n) is 11.4. The zero-order chi connectivity index (χ0) is 14.5. The fourth-order valence-corrected chi connectivity index (χ4v) is 2.96. The lowest BCUT2D eigenvalue weighted by molar-refractivity contribution is -0.855. The first kappa shape index (κ1) is 16.3. The third-order valence-corrected chi connectivity index (χ3v) is 4.62. The van der Waals surface area contributed by atoms with Crippen LogP contribution < -0.4 is 0 Å². The topological polar surface area (TPSA) is 74.7 Å². The van der Waals surface area contributed by atoms with Crippen LogP contribution in [0.5, 0.6) is 0 Å². The van der Waals surface area contributed by atoms with Gasteiger partial charge >= 0.3 is 5.91 Å². The summed E-state index contributed by atoms with van der Waals surface area (Å²) in [6.45, 7) is 9.92. The van der Waals surface area contributed by atoms with Crippen LogP contribution in [0.4, 0.5) is 0 Å². The van der Waals surface area contributed by atoms with Gasteiger partial charge in [0.15, 0.2) is 0 Å². The summed E-state index contributed by atoms with van der Waals surface area (Å²) >= 11 is 0. The SMILES string of the molecule is C=CC(=O)[N+]1(CC)CCN(CCCS(=O)(=O)O)CC1. The summed E-state index contributed by atoms with van der Waals surface area (Å²) < 4.78 is 30.4. The summed E-state index contributed by atoms with van der Waals surface area (Å²) in [4.78, 5) is 14.0. The second-order valence-electron chi connectivity index (χ2n) is 4.93. The molecule has 0 aromatic carbocycles. The second kappa shape index (κ2) is 6.60. The maximum absolute atomic E-state index is 11.9. The van der Waals surface area contributed by atoms with Crippen molar-refractivity contribution in [1.29, 1.82) is 0 Å². The van der Waals surface area contributed by atoms with Crippen molar-refractivity contribution in [2.75, 3.05) is 45.0 Å². The van der Waals surface area contributed by atoms with Gasteiger partial charge in [0.1, 0.15) is 0 Å². The van der Waals surface area contributed by atoms with Gasteiger partial charge in [-0.15, -0.1) is 0 Å². The molecule has 0 aromatic rings. The molecule has 19 heavy (non-hydrogen) atoms. The van der Waals surface area contributed by atoms with Crippen molar-refractivity contribution in [2.45, 2.75) is 13.3 Å². The molecule has 1 rings (SSSR count). The predicted octanol–water partition coefficient (Wildman–Crippen LogP) is 0.129. The average molecular weight is 291 g/mol. The molecule has 1 fully saturated rings. The van der Waals surface area contributed by atoms with Gasteiger partial charge in [0.05, 0.1) is 25.4 Å². The van der Waals surface area contributed by atoms with Crippen LogP contribution in [0.1, 0.15) is 13.3 Å². The number of rotatable bonds is 6. The average Bonchev–Trinajstić information content (AvgIpc) is 2.37. The molecule has 0 aromatic heterocycles. The summed E-state index contributed by atoms with van der Waals surface area (Å²) in [5.74, 6) is -0.150. The molecule has 110 valence electrons. The highest BCUT2D eigenvalue weighted by molar-refractivity contribution is 7.85. The number of hydrogen-bond acceptors (Lipinski definition) is 4. The van der Waals surface area contributed by atoms with E-state index in [1.165, 1.54) is 6.08 Å². The van der Waals surface area contributed by atoms with Gasteiger partial charge in [0.25, 0.3) is 10.1 Å². The second-order valence-corrected chi connectivity index (χ2v) is 6.50. The summed E-state index contributed by atoms with van der Waals surface area (Å²) in [5.41, 5.74) is 0. The molecule has 1 aliphatic heterocycles. The first-order valence-corrected chi connectivity index (χ1v) is 8.14. The van der Waals surface area contributed by atoms with Crippen molar-refractivity contribution < 1.29 is 22.2 Å². The Morgan fingerprint density at radius 3 is 2.42 bits per heavy atom. The lowest BCUT2D eigenvalue weighted by Crippen LogP contribution is -2.62. The van der Waals surface area contributed by atoms with E-state index in [-0.39, 0.29) is 11.7 Å². The Kier molecular flexibility index (Phi) is 5.66. The minimum Gasteiger partial charge on any atom is -0.292 e. The normalized spacial score (nSPS) is 20.1. The molecule has 1 amide bonds. The highest BCUT2D eigenvalue weighted by Gasteiger charge is 2.36. The number of nitrogens with zero attached hydrogens (tertiary/aromatic N) is 2. The van der Waals surface area contributed by atoms with Crippen LogP contribution in [0, 0.1) is 0 Å². The fraction of sp³-hybridized carbons (Fsp3) is 0.750. The van der Waals surface area contributed by atoms with Crippen molar-refractivity contribution in [3.63, 3.8) is 0 Å². The number of piperazine rings is 1. The molecule has 1 heterocycles. The van der Waals surface area contributed by atoms with E-state index in [0.29, 0.717) is 17.4 Å². The van der Waals surface area contributed by atoms with E-state index < -0.39 is 10.1 Å². The first-order chi connectivity index (χ1) is 8.83. The molecular formula is C12H23N2O4S+. The number of amides is 1. The molecule has 1 N–H and O–H groups in total. The Labute approximate surface area is 115 Å². The Balaban J connectivity index is 2.44. The fourth-order valence-electron chi connectivity index (χ4n) is 2.47. The Bertz CT molecular complexity index is 425. The van der Waals surface area contributed by atoms with Crippen LogP contribution in [-0.2, 0) is 14.9 Å². The van der Waals surface area contributed by atoms with E-state index in [1.54, 1.807) is 0 Å². The van der Waals surface area contributed by atoms with E-state index in [0.717, 1.165) is 32.7 Å². The lowest BCUT2D eigenvalue weighted by Gasteiger charge is -2.41. The molecule has 0 saturated carbocycles. The van der Waals surface area contributed by atoms with Gasteiger partial charge in [-0.1, -0.05) is 6.58 Å². The highest BCUT2D eigenvalue weighted by atomic mass is 32.2. The van der Waals surface area contributed by atoms with E-state index >= 15 is 0 Å². The van der Waals surface area contributed by atoms with Gasteiger partial charge in [0.2, 0.25) is 0 Å². The van der Waals surface area contributed by atoms with Gasteiger partial charge in [-0.05, 0) is 19.9 Å². The lowest BCUT2D eigenvalue weighted by atomic mass is 10.2. The van der Waals surface area contributed by atoms with Gasteiger partial charge in [-0.25, -0.2) is 4.79 Å². The molecule has 0 aliphatic carbocycles. The molecule has 6 nitrogen and oxygen atoms in total. The number of hydrogen-bond donors (Lipinski definition) is 1. The number of carbonyl (C=O) groups excluding carboxylic acids is 1. The summed E-state index contributed by atoms with van der Waals surface area (Å²) in [6, 6.07) is 0. The van der Waals surface area contributed by atoms with Gasteiger partial charge in [-0.3, -0.25) is 13.9 Å². The molecule has 0 spiro atoms. The third-order valence-electron chi connectivity index (χ3n) is 3.81. The predicted molar refractivity (Wildman–Crippen MR) is 73.2 cm³/mol. The quantitative estimate of drug-likeness (QED) is 0.428. The monoisotopic (exact) mass is 291 g/mol. The number of quaternary nitrogens is 1. The van der Waals surface area contributed by atoms with Crippen LogP contribution >= 0.6 is 0 Å². The molecule has 0 atom stereocenters. The zero-order valence-corrected chi connectivity index (χ0v) is 12.2. The molecule has 1 aliphatic rings. The van der Waals surface area contributed by atoms with Crippen LogP contribution in [0.25, 0.3) is 0 Å². The Morgan fingerprint density at radius 1 is 1.42 bits per heavy atom. The van der Waals surface area contributed by atoms with Crippen molar-refractivity contribution in [2.24, 2.45) is 0 Å². The van der Waals surface area contributed by atoms with Crippen LogP contribution in [-0.4, -0.2) is 73.3 Å². The van der Waals surface area contributed by atoms with E-state index in [1.807, 2.05) is 6.92 Å². The molecule has 1 saturated heterocycles. The minimum absolute atomic E-state index is 0.0556. The van der Waals surface area contributed by atoms with Gasteiger partial charge < -0.3 is 0 Å². The van der Waals surface area contributed by atoms with Crippen molar-refractivity contribution >= 4 is 16.0 Å². The number of likely N-dealkylation sites (N-methyl/N-ethyl adjacent to an activating group) is 1. The Morgan fingerprint density at radius 2 is 2.00 bits per heavy atom. The molecule has 0 radical (unpaired) electrons. The minimum atomic E-state index is -3.87. The Hall–Kier alpha value is -0.760. The largest absolute Gasteiger partial charge is 0.338 e. The molecule has 7 heteroatoms. The van der Waals surface area contributed by atoms with E-state index in [9.17, 15) is 13.2 Å². The van der Waals surface area contributed by atoms with Gasteiger partial charge in [-0.2, -0.15) is 8.42 Å². The standard InChI is InChI=1S/C12H22N2O4S/c1-3-12(15)14(4-2)9-7-13(8-10-14)6-5-11-19(16,17)18/h3H,1,4-11H2,2H3/p+1. The van der Waals surface area contributed by atoms with Crippen LogP contribution in [0.3, 0.4) is 0 Å². The van der Waals surface area contributed by atoms with E-state index in [4.69, 9.17) is 4.55 Å². The summed E-state index contributed by atoms with van der Waals surface area (Å²) in [7, 11) is -3.87. The molecule has 0 bridgehead atoms. The van der Waals surface area contributed by atoms with Crippen molar-refractivity contribution in [3.05, 3.63) is 12.7 Å². The maximum Gasteiger partial charge on any atom is 0.338 e.